The van der Waals surface area contributed by atoms with E-state index in [4.69, 9.17) is 4.74 Å². The number of rotatable bonds is 6. The Morgan fingerprint density at radius 2 is 1.48 bits per heavy atom. The molecule has 0 spiro atoms. The third-order valence-electron chi connectivity index (χ3n) is 3.91. The number of hydrogen-bond acceptors (Lipinski definition) is 3. The van der Waals surface area contributed by atoms with E-state index in [1.165, 1.54) is 4.57 Å². The molecule has 0 saturated carbocycles. The van der Waals surface area contributed by atoms with Crippen LogP contribution in [0.3, 0.4) is 0 Å². The quantitative estimate of drug-likeness (QED) is 0.650. The van der Waals surface area contributed by atoms with Gasteiger partial charge in [0.05, 0.1) is 19.7 Å². The number of benzene rings is 2. The third-order valence-corrected chi connectivity index (χ3v) is 3.91. The van der Waals surface area contributed by atoms with Gasteiger partial charge in [-0.15, -0.1) is 0 Å². The Labute approximate surface area is 146 Å². The molecule has 1 aromatic heterocycles. The first kappa shape index (κ1) is 16.8. The molecule has 25 heavy (non-hydrogen) atoms. The van der Waals surface area contributed by atoms with E-state index in [0.29, 0.717) is 13.1 Å². The summed E-state index contributed by atoms with van der Waals surface area (Å²) in [6.07, 6.45) is 1.58. The Hall–Kier alpha value is -3.08. The Kier molecular flexibility index (Phi) is 5.14. The van der Waals surface area contributed by atoms with E-state index in [-0.39, 0.29) is 18.0 Å². The van der Waals surface area contributed by atoms with Crippen molar-refractivity contribution in [2.45, 2.75) is 20.0 Å². The minimum atomic E-state index is -0.484. The van der Waals surface area contributed by atoms with E-state index in [1.54, 1.807) is 17.7 Å². The summed E-state index contributed by atoms with van der Waals surface area (Å²) >= 11 is 0. The van der Waals surface area contributed by atoms with Gasteiger partial charge in [0, 0.05) is 6.20 Å². The largest absolute Gasteiger partial charge is 0.461 e. The molecule has 3 rings (SSSR count). The lowest BCUT2D eigenvalue weighted by Crippen LogP contribution is -2.27. The highest BCUT2D eigenvalue weighted by molar-refractivity contribution is 5.87. The molecule has 0 bridgehead atoms. The Balaban J connectivity index is 1.99. The maximum absolute atomic E-state index is 12.8. The molecule has 3 aromatic rings. The van der Waals surface area contributed by atoms with Crippen molar-refractivity contribution in [2.24, 2.45) is 0 Å². The predicted octanol–water partition coefficient (Wildman–Crippen LogP) is 2.92. The molecule has 0 atom stereocenters. The van der Waals surface area contributed by atoms with Crippen LogP contribution in [0.5, 0.6) is 0 Å². The molecular formula is C20H20N2O3. The van der Waals surface area contributed by atoms with Crippen molar-refractivity contribution in [3.8, 4) is 0 Å². The van der Waals surface area contributed by atoms with Crippen molar-refractivity contribution < 1.29 is 9.53 Å². The molecule has 0 aliphatic carbocycles. The van der Waals surface area contributed by atoms with Gasteiger partial charge in [0.1, 0.15) is 5.69 Å². The van der Waals surface area contributed by atoms with Gasteiger partial charge >= 0.3 is 11.7 Å². The van der Waals surface area contributed by atoms with Crippen molar-refractivity contribution >= 4 is 5.97 Å². The summed E-state index contributed by atoms with van der Waals surface area (Å²) in [4.78, 5) is 25.1. The zero-order chi connectivity index (χ0) is 17.6. The molecule has 1 heterocycles. The second-order valence-electron chi connectivity index (χ2n) is 5.70. The molecule has 0 aliphatic heterocycles. The minimum absolute atomic E-state index is 0.226. The summed E-state index contributed by atoms with van der Waals surface area (Å²) < 4.78 is 8.13. The first-order chi connectivity index (χ1) is 12.2. The lowest BCUT2D eigenvalue weighted by molar-refractivity contribution is 0.0514. The fourth-order valence-corrected chi connectivity index (χ4v) is 2.71. The molecule has 0 N–H and O–H groups in total. The summed E-state index contributed by atoms with van der Waals surface area (Å²) in [6, 6.07) is 19.3. The summed E-state index contributed by atoms with van der Waals surface area (Å²) in [5.41, 5.74) is 1.99. The monoisotopic (exact) mass is 336 g/mol. The van der Waals surface area contributed by atoms with Crippen LogP contribution < -0.4 is 5.69 Å². The molecular weight excluding hydrogens is 316 g/mol. The Morgan fingerprint density at radius 3 is 2.04 bits per heavy atom. The van der Waals surface area contributed by atoms with Crippen molar-refractivity contribution in [3.63, 3.8) is 0 Å². The summed E-state index contributed by atoms with van der Waals surface area (Å²) in [6.45, 7) is 2.75. The number of imidazole rings is 1. The first-order valence-electron chi connectivity index (χ1n) is 8.24. The number of carbonyl (C=O) groups is 1. The zero-order valence-electron chi connectivity index (χ0n) is 14.1. The van der Waals surface area contributed by atoms with Crippen LogP contribution in [0.2, 0.25) is 0 Å². The number of ether oxygens (including phenoxy) is 1. The number of esters is 1. The fourth-order valence-electron chi connectivity index (χ4n) is 2.71. The van der Waals surface area contributed by atoms with Gasteiger partial charge in [-0.3, -0.25) is 9.13 Å². The zero-order valence-corrected chi connectivity index (χ0v) is 14.1. The van der Waals surface area contributed by atoms with Crippen LogP contribution >= 0.6 is 0 Å². The van der Waals surface area contributed by atoms with Gasteiger partial charge in [-0.25, -0.2) is 9.59 Å². The van der Waals surface area contributed by atoms with Gasteiger partial charge in [-0.05, 0) is 18.1 Å². The average Bonchev–Trinajstić information content (AvgIpc) is 2.93. The normalized spacial score (nSPS) is 10.6. The van der Waals surface area contributed by atoms with Crippen LogP contribution in [0.1, 0.15) is 28.5 Å². The molecule has 128 valence electrons. The second-order valence-corrected chi connectivity index (χ2v) is 5.70. The van der Waals surface area contributed by atoms with Gasteiger partial charge in [-0.2, -0.15) is 0 Å². The van der Waals surface area contributed by atoms with Gasteiger partial charge in [0.2, 0.25) is 0 Å². The average molecular weight is 336 g/mol. The van der Waals surface area contributed by atoms with E-state index < -0.39 is 5.97 Å². The first-order valence-corrected chi connectivity index (χ1v) is 8.24. The molecule has 2 aromatic carbocycles. The third kappa shape index (κ3) is 3.88. The molecule has 0 unspecified atom stereocenters. The highest BCUT2D eigenvalue weighted by atomic mass is 16.5. The molecule has 0 radical (unpaired) electrons. The van der Waals surface area contributed by atoms with E-state index in [2.05, 4.69) is 0 Å². The minimum Gasteiger partial charge on any atom is -0.461 e. The molecule has 5 heteroatoms. The van der Waals surface area contributed by atoms with Crippen molar-refractivity contribution in [2.75, 3.05) is 6.61 Å². The van der Waals surface area contributed by atoms with Crippen LogP contribution in [-0.4, -0.2) is 21.7 Å². The Morgan fingerprint density at radius 1 is 0.920 bits per heavy atom. The molecule has 0 saturated heterocycles. The fraction of sp³-hybridized carbons (Fsp3) is 0.200. The molecule has 0 fully saturated rings. The van der Waals surface area contributed by atoms with Crippen LogP contribution in [-0.2, 0) is 17.8 Å². The Bertz CT molecular complexity index is 896. The SMILES string of the molecule is CCOC(=O)c1cn(Cc2ccccc2)c(=O)n1Cc1ccccc1. The van der Waals surface area contributed by atoms with Crippen molar-refractivity contribution in [1.29, 1.82) is 0 Å². The summed E-state index contributed by atoms with van der Waals surface area (Å²) in [7, 11) is 0. The highest BCUT2D eigenvalue weighted by Crippen LogP contribution is 2.09. The summed E-state index contributed by atoms with van der Waals surface area (Å²) in [5.74, 6) is -0.484. The maximum Gasteiger partial charge on any atom is 0.356 e. The number of hydrogen-bond donors (Lipinski definition) is 0. The molecule has 0 aliphatic rings. The highest BCUT2D eigenvalue weighted by Gasteiger charge is 2.19. The second kappa shape index (κ2) is 7.66. The molecule has 0 amide bonds. The lowest BCUT2D eigenvalue weighted by Gasteiger charge is -2.06. The van der Waals surface area contributed by atoms with Crippen LogP contribution in [0, 0.1) is 0 Å². The number of nitrogens with zero attached hydrogens (tertiary/aromatic N) is 2. The smallest absolute Gasteiger partial charge is 0.356 e. The topological polar surface area (TPSA) is 53.2 Å². The van der Waals surface area contributed by atoms with Crippen LogP contribution in [0.15, 0.2) is 71.7 Å². The van der Waals surface area contributed by atoms with Crippen molar-refractivity contribution in [3.05, 3.63) is 94.2 Å². The van der Waals surface area contributed by atoms with Crippen molar-refractivity contribution in [1.82, 2.24) is 9.13 Å². The van der Waals surface area contributed by atoms with E-state index in [0.717, 1.165) is 11.1 Å². The van der Waals surface area contributed by atoms with E-state index in [1.807, 2.05) is 60.7 Å². The van der Waals surface area contributed by atoms with Crippen LogP contribution in [0.4, 0.5) is 0 Å². The van der Waals surface area contributed by atoms with Gasteiger partial charge in [0.25, 0.3) is 0 Å². The van der Waals surface area contributed by atoms with Crippen LogP contribution in [0.25, 0.3) is 0 Å². The maximum atomic E-state index is 12.8. The predicted molar refractivity (Wildman–Crippen MR) is 95.7 cm³/mol. The summed E-state index contributed by atoms with van der Waals surface area (Å²) in [5, 5.41) is 0. The molecule has 5 nitrogen and oxygen atoms in total. The number of carbonyl (C=O) groups excluding carboxylic acids is 1. The number of aromatic nitrogens is 2. The van der Waals surface area contributed by atoms with E-state index in [9.17, 15) is 9.59 Å². The van der Waals surface area contributed by atoms with Gasteiger partial charge in [0.15, 0.2) is 0 Å². The van der Waals surface area contributed by atoms with Gasteiger partial charge < -0.3 is 4.74 Å². The lowest BCUT2D eigenvalue weighted by atomic mass is 10.2. The standard InChI is InChI=1S/C20H20N2O3/c1-2-25-19(23)18-15-21(13-16-9-5-3-6-10-16)20(24)22(18)14-17-11-7-4-8-12-17/h3-12,15H,2,13-14H2,1H3. The van der Waals surface area contributed by atoms with E-state index >= 15 is 0 Å². The van der Waals surface area contributed by atoms with Gasteiger partial charge in [-0.1, -0.05) is 60.7 Å².